The molecule has 5 nitrogen and oxygen atoms in total. The molecule has 6 heteroatoms. The Hall–Kier alpha value is -1.69. The summed E-state index contributed by atoms with van der Waals surface area (Å²) in [6.07, 6.45) is 0. The fourth-order valence-electron chi connectivity index (χ4n) is 3.73. The standard InChI is InChI=1S/C18H22O5S/c1-17(2)12-9-21-13-7-6-10(20-5)8-11(13)14(12)15-16(22-17)23-18(3,4)24(15)19/h6-8,12,14H,9H2,1-5H3/t12-,14+,24-/m0/s1. The van der Waals surface area contributed by atoms with E-state index >= 15 is 0 Å². The molecule has 0 radical (unpaired) electrons. The molecule has 0 saturated heterocycles. The first kappa shape index (κ1) is 15.8. The van der Waals surface area contributed by atoms with Crippen LogP contribution in [-0.4, -0.2) is 28.5 Å². The van der Waals surface area contributed by atoms with Crippen molar-refractivity contribution in [3.05, 3.63) is 34.6 Å². The molecule has 0 N–H and O–H groups in total. The SMILES string of the molecule is COc1ccc2c(c1)[C@H]1C3=C(OC(C)(C)[C@H]1CO2)OC(C)(C)[S@]3=O. The summed E-state index contributed by atoms with van der Waals surface area (Å²) in [6, 6.07) is 5.77. The molecule has 3 atom stereocenters. The van der Waals surface area contributed by atoms with Crippen molar-refractivity contribution in [3.8, 4) is 11.5 Å². The van der Waals surface area contributed by atoms with Crippen molar-refractivity contribution in [2.75, 3.05) is 13.7 Å². The van der Waals surface area contributed by atoms with Gasteiger partial charge in [0.15, 0.2) is 4.93 Å². The molecule has 1 aromatic rings. The number of fused-ring (bicyclic) bond motifs is 4. The summed E-state index contributed by atoms with van der Waals surface area (Å²) < 4.78 is 36.4. The van der Waals surface area contributed by atoms with Gasteiger partial charge >= 0.3 is 0 Å². The molecule has 0 amide bonds. The largest absolute Gasteiger partial charge is 0.497 e. The Morgan fingerprint density at radius 3 is 2.67 bits per heavy atom. The van der Waals surface area contributed by atoms with Gasteiger partial charge in [0.25, 0.3) is 5.95 Å². The molecule has 0 aromatic heterocycles. The van der Waals surface area contributed by atoms with Crippen LogP contribution in [0.4, 0.5) is 0 Å². The molecule has 24 heavy (non-hydrogen) atoms. The highest BCUT2D eigenvalue weighted by molar-refractivity contribution is 7.90. The summed E-state index contributed by atoms with van der Waals surface area (Å²) in [4.78, 5) is -0.0467. The van der Waals surface area contributed by atoms with Crippen LogP contribution >= 0.6 is 0 Å². The van der Waals surface area contributed by atoms with E-state index in [0.29, 0.717) is 12.6 Å². The lowest BCUT2D eigenvalue weighted by Gasteiger charge is -2.45. The zero-order chi connectivity index (χ0) is 17.3. The maximum atomic E-state index is 13.1. The Balaban J connectivity index is 1.92. The minimum absolute atomic E-state index is 0.0531. The molecule has 0 saturated carbocycles. The molecule has 1 aromatic carbocycles. The summed E-state index contributed by atoms with van der Waals surface area (Å²) >= 11 is 0. The highest BCUT2D eigenvalue weighted by Crippen LogP contribution is 2.56. The number of hydrogen-bond acceptors (Lipinski definition) is 5. The van der Waals surface area contributed by atoms with Crippen LogP contribution in [0.5, 0.6) is 11.5 Å². The van der Waals surface area contributed by atoms with Gasteiger partial charge in [0.1, 0.15) is 32.8 Å². The molecular formula is C18H22O5S. The number of allylic oxidation sites excluding steroid dienone is 1. The second kappa shape index (κ2) is 4.91. The van der Waals surface area contributed by atoms with Gasteiger partial charge in [-0.25, -0.2) is 0 Å². The lowest BCUT2D eigenvalue weighted by molar-refractivity contribution is -0.125. The number of hydrogen-bond donors (Lipinski definition) is 0. The van der Waals surface area contributed by atoms with E-state index in [4.69, 9.17) is 18.9 Å². The van der Waals surface area contributed by atoms with Crippen LogP contribution in [0.3, 0.4) is 0 Å². The van der Waals surface area contributed by atoms with Gasteiger partial charge in [-0.05, 0) is 45.9 Å². The van der Waals surface area contributed by atoms with Crippen molar-refractivity contribution in [1.29, 1.82) is 0 Å². The van der Waals surface area contributed by atoms with Crippen LogP contribution in [0.1, 0.15) is 39.2 Å². The topological polar surface area (TPSA) is 54.0 Å². The summed E-state index contributed by atoms with van der Waals surface area (Å²) in [5, 5.41) is 0. The third kappa shape index (κ3) is 2.08. The Labute approximate surface area is 144 Å². The summed E-state index contributed by atoms with van der Waals surface area (Å²) in [7, 11) is 0.359. The van der Waals surface area contributed by atoms with Gasteiger partial charge in [0.05, 0.1) is 13.7 Å². The highest BCUT2D eigenvalue weighted by Gasteiger charge is 2.57. The molecule has 3 aliphatic rings. The van der Waals surface area contributed by atoms with Crippen molar-refractivity contribution in [3.63, 3.8) is 0 Å². The van der Waals surface area contributed by atoms with Gasteiger partial charge in [0.2, 0.25) is 0 Å². The molecule has 0 spiro atoms. The Kier molecular flexibility index (Phi) is 3.24. The normalized spacial score (nSPS) is 31.8. The Morgan fingerprint density at radius 2 is 1.96 bits per heavy atom. The van der Waals surface area contributed by atoms with Gasteiger partial charge in [-0.3, -0.25) is 4.21 Å². The van der Waals surface area contributed by atoms with Crippen LogP contribution < -0.4 is 9.47 Å². The maximum absolute atomic E-state index is 13.1. The monoisotopic (exact) mass is 350 g/mol. The van der Waals surface area contributed by atoms with E-state index in [2.05, 4.69) is 0 Å². The van der Waals surface area contributed by atoms with Gasteiger partial charge < -0.3 is 18.9 Å². The fourth-order valence-corrected chi connectivity index (χ4v) is 5.16. The van der Waals surface area contributed by atoms with Crippen molar-refractivity contribution >= 4 is 10.8 Å². The molecule has 0 bridgehead atoms. The fraction of sp³-hybridized carbons (Fsp3) is 0.556. The average molecular weight is 350 g/mol. The number of rotatable bonds is 1. The van der Waals surface area contributed by atoms with Gasteiger partial charge in [-0.2, -0.15) is 0 Å². The molecule has 0 aliphatic carbocycles. The van der Waals surface area contributed by atoms with Crippen LogP contribution in [0.2, 0.25) is 0 Å². The minimum Gasteiger partial charge on any atom is -0.497 e. The van der Waals surface area contributed by atoms with E-state index in [-0.39, 0.29) is 11.8 Å². The van der Waals surface area contributed by atoms with E-state index in [1.165, 1.54) is 0 Å². The number of methoxy groups -OCH3 is 1. The highest BCUT2D eigenvalue weighted by atomic mass is 32.2. The van der Waals surface area contributed by atoms with Crippen LogP contribution in [0.15, 0.2) is 29.0 Å². The van der Waals surface area contributed by atoms with Gasteiger partial charge in [-0.1, -0.05) is 0 Å². The van der Waals surface area contributed by atoms with Crippen molar-refractivity contribution < 1.29 is 23.2 Å². The number of ether oxygens (including phenoxy) is 4. The Bertz CT molecular complexity index is 765. The van der Waals surface area contributed by atoms with E-state index in [9.17, 15) is 4.21 Å². The predicted molar refractivity (Wildman–Crippen MR) is 90.2 cm³/mol. The minimum atomic E-state index is -1.28. The second-order valence-electron chi connectivity index (χ2n) is 7.43. The quantitative estimate of drug-likeness (QED) is 0.778. The summed E-state index contributed by atoms with van der Waals surface area (Å²) in [5.41, 5.74) is 0.513. The third-order valence-corrected chi connectivity index (χ3v) is 6.89. The zero-order valence-electron chi connectivity index (χ0n) is 14.5. The van der Waals surface area contributed by atoms with Crippen LogP contribution in [-0.2, 0) is 20.3 Å². The van der Waals surface area contributed by atoms with E-state index in [1.54, 1.807) is 7.11 Å². The van der Waals surface area contributed by atoms with E-state index in [1.807, 2.05) is 45.9 Å². The zero-order valence-corrected chi connectivity index (χ0v) is 15.4. The van der Waals surface area contributed by atoms with Crippen molar-refractivity contribution in [1.82, 2.24) is 0 Å². The smallest absolute Gasteiger partial charge is 0.294 e. The first-order valence-corrected chi connectivity index (χ1v) is 9.24. The van der Waals surface area contributed by atoms with Crippen LogP contribution in [0.25, 0.3) is 0 Å². The molecule has 130 valence electrons. The third-order valence-electron chi connectivity index (χ3n) is 5.09. The molecule has 0 unspecified atom stereocenters. The summed E-state index contributed by atoms with van der Waals surface area (Å²) in [6.45, 7) is 8.24. The predicted octanol–water partition coefficient (Wildman–Crippen LogP) is 3.28. The molecule has 0 fully saturated rings. The molecule has 4 rings (SSSR count). The van der Waals surface area contributed by atoms with Crippen molar-refractivity contribution in [2.24, 2.45) is 5.92 Å². The van der Waals surface area contributed by atoms with Gasteiger partial charge in [0, 0.05) is 17.4 Å². The average Bonchev–Trinajstić information content (AvgIpc) is 2.74. The van der Waals surface area contributed by atoms with E-state index < -0.39 is 21.3 Å². The first-order valence-electron chi connectivity index (χ1n) is 8.09. The molecule has 3 heterocycles. The maximum Gasteiger partial charge on any atom is 0.294 e. The lowest BCUT2D eigenvalue weighted by Crippen LogP contribution is -2.47. The first-order chi connectivity index (χ1) is 11.2. The second-order valence-corrected chi connectivity index (χ2v) is 9.39. The number of benzene rings is 1. The Morgan fingerprint density at radius 1 is 1.21 bits per heavy atom. The summed E-state index contributed by atoms with van der Waals surface area (Å²) in [5.74, 6) is 1.97. The van der Waals surface area contributed by atoms with E-state index in [0.717, 1.165) is 22.0 Å². The van der Waals surface area contributed by atoms with Crippen LogP contribution in [0, 0.1) is 5.92 Å². The molecular weight excluding hydrogens is 328 g/mol. The molecule has 3 aliphatic heterocycles. The van der Waals surface area contributed by atoms with Gasteiger partial charge in [-0.15, -0.1) is 0 Å². The lowest BCUT2D eigenvalue weighted by atomic mass is 9.74. The van der Waals surface area contributed by atoms with Crippen molar-refractivity contribution in [2.45, 2.75) is 44.1 Å².